The number of carbonyl (C=O) groups is 2. The summed E-state index contributed by atoms with van der Waals surface area (Å²) in [6, 6.07) is 15.2. The number of amides is 2. The molecule has 0 radical (unpaired) electrons. The summed E-state index contributed by atoms with van der Waals surface area (Å²) in [5.41, 5.74) is 4.04. The van der Waals surface area contributed by atoms with Crippen LogP contribution in [0.3, 0.4) is 0 Å². The Kier molecular flexibility index (Phi) is 4.65. The van der Waals surface area contributed by atoms with Crippen molar-refractivity contribution in [2.45, 2.75) is 26.7 Å². The molecule has 128 valence electrons. The van der Waals surface area contributed by atoms with E-state index in [2.05, 4.69) is 5.10 Å². The molecule has 0 N–H and O–H groups in total. The van der Waals surface area contributed by atoms with Gasteiger partial charge in [0.1, 0.15) is 5.71 Å². The molecule has 0 bridgehead atoms. The minimum atomic E-state index is -0.179. The maximum atomic E-state index is 12.9. The molecular formula is C20H21N3O2. The standard InChI is InChI=1S/C20H21N3O2/c1-14-9-10-15(2)18(13-14)22(3)20(25)17-11-12-19(24)23(21-17)16-7-5-4-6-8-16/h4-10,13H,11-12H2,1-3H3. The normalized spacial score (nSPS) is 14.3. The summed E-state index contributed by atoms with van der Waals surface area (Å²) < 4.78 is 0. The van der Waals surface area contributed by atoms with Crippen LogP contribution >= 0.6 is 0 Å². The Morgan fingerprint density at radius 1 is 1.08 bits per heavy atom. The van der Waals surface area contributed by atoms with Crippen molar-refractivity contribution >= 4 is 28.9 Å². The van der Waals surface area contributed by atoms with Gasteiger partial charge in [-0.05, 0) is 43.2 Å². The number of carbonyl (C=O) groups excluding carboxylic acids is 2. The Balaban J connectivity index is 1.91. The third-order valence-corrected chi connectivity index (χ3v) is 4.31. The molecule has 1 aliphatic rings. The molecule has 0 saturated heterocycles. The van der Waals surface area contributed by atoms with E-state index < -0.39 is 0 Å². The number of rotatable bonds is 3. The molecular weight excluding hydrogens is 314 g/mol. The largest absolute Gasteiger partial charge is 0.310 e. The fraction of sp³-hybridized carbons (Fsp3) is 0.250. The second kappa shape index (κ2) is 6.89. The molecule has 0 fully saturated rings. The van der Waals surface area contributed by atoms with Gasteiger partial charge in [-0.2, -0.15) is 5.10 Å². The number of benzene rings is 2. The van der Waals surface area contributed by atoms with Crippen LogP contribution in [0.15, 0.2) is 53.6 Å². The monoisotopic (exact) mass is 335 g/mol. The number of hydrogen-bond donors (Lipinski definition) is 0. The first kappa shape index (κ1) is 16.9. The molecule has 2 aromatic carbocycles. The molecule has 0 unspecified atom stereocenters. The van der Waals surface area contributed by atoms with Gasteiger partial charge in [-0.25, -0.2) is 5.01 Å². The Morgan fingerprint density at radius 2 is 1.80 bits per heavy atom. The predicted molar refractivity (Wildman–Crippen MR) is 99.9 cm³/mol. The first-order valence-electron chi connectivity index (χ1n) is 8.28. The SMILES string of the molecule is Cc1ccc(C)c(N(C)C(=O)C2=NN(c3ccccc3)C(=O)CC2)c1. The molecule has 0 aliphatic carbocycles. The van der Waals surface area contributed by atoms with Gasteiger partial charge in [-0.15, -0.1) is 0 Å². The van der Waals surface area contributed by atoms with Crippen molar-refractivity contribution in [2.24, 2.45) is 5.10 Å². The van der Waals surface area contributed by atoms with Crippen molar-refractivity contribution < 1.29 is 9.59 Å². The highest BCUT2D eigenvalue weighted by Gasteiger charge is 2.28. The lowest BCUT2D eigenvalue weighted by molar-refractivity contribution is -0.118. The molecule has 5 nitrogen and oxygen atoms in total. The third kappa shape index (κ3) is 3.45. The lowest BCUT2D eigenvalue weighted by atomic mass is 10.1. The van der Waals surface area contributed by atoms with Crippen molar-refractivity contribution in [1.82, 2.24) is 0 Å². The fourth-order valence-corrected chi connectivity index (χ4v) is 2.86. The molecule has 25 heavy (non-hydrogen) atoms. The first-order valence-corrected chi connectivity index (χ1v) is 8.28. The van der Waals surface area contributed by atoms with Crippen LogP contribution in [-0.2, 0) is 9.59 Å². The van der Waals surface area contributed by atoms with Crippen molar-refractivity contribution in [2.75, 3.05) is 17.0 Å². The zero-order valence-corrected chi connectivity index (χ0v) is 14.7. The number of nitrogens with zero attached hydrogens (tertiary/aromatic N) is 3. The van der Waals surface area contributed by atoms with Gasteiger partial charge in [0, 0.05) is 25.6 Å². The number of hydrazone groups is 1. The van der Waals surface area contributed by atoms with Gasteiger partial charge in [0.25, 0.3) is 5.91 Å². The summed E-state index contributed by atoms with van der Waals surface area (Å²) in [4.78, 5) is 26.7. The smallest absolute Gasteiger partial charge is 0.274 e. The minimum Gasteiger partial charge on any atom is -0.310 e. The molecule has 2 amide bonds. The van der Waals surface area contributed by atoms with Gasteiger partial charge < -0.3 is 4.90 Å². The van der Waals surface area contributed by atoms with E-state index in [-0.39, 0.29) is 18.2 Å². The first-order chi connectivity index (χ1) is 12.0. The van der Waals surface area contributed by atoms with Crippen molar-refractivity contribution in [3.63, 3.8) is 0 Å². The highest BCUT2D eigenvalue weighted by molar-refractivity contribution is 6.44. The molecule has 0 saturated carbocycles. The number of para-hydroxylation sites is 1. The van der Waals surface area contributed by atoms with Crippen LogP contribution in [0.25, 0.3) is 0 Å². The van der Waals surface area contributed by atoms with Crippen LogP contribution in [0.4, 0.5) is 11.4 Å². The highest BCUT2D eigenvalue weighted by Crippen LogP contribution is 2.24. The van der Waals surface area contributed by atoms with Crippen LogP contribution in [0.1, 0.15) is 24.0 Å². The Morgan fingerprint density at radius 3 is 2.52 bits per heavy atom. The molecule has 2 aromatic rings. The van der Waals surface area contributed by atoms with Crippen molar-refractivity contribution in [1.29, 1.82) is 0 Å². The summed E-state index contributed by atoms with van der Waals surface area (Å²) in [5, 5.41) is 5.67. The topological polar surface area (TPSA) is 53.0 Å². The quantitative estimate of drug-likeness (QED) is 0.863. The summed E-state index contributed by atoms with van der Waals surface area (Å²) in [6.45, 7) is 3.97. The van der Waals surface area contributed by atoms with Crippen LogP contribution in [-0.4, -0.2) is 24.6 Å². The summed E-state index contributed by atoms with van der Waals surface area (Å²) >= 11 is 0. The third-order valence-electron chi connectivity index (χ3n) is 4.31. The van der Waals surface area contributed by atoms with E-state index >= 15 is 0 Å². The van der Waals surface area contributed by atoms with E-state index in [4.69, 9.17) is 0 Å². The van der Waals surface area contributed by atoms with Crippen molar-refractivity contribution in [3.05, 3.63) is 59.7 Å². The molecule has 1 heterocycles. The van der Waals surface area contributed by atoms with Crippen molar-refractivity contribution in [3.8, 4) is 0 Å². The van der Waals surface area contributed by atoms with Crippen LogP contribution < -0.4 is 9.91 Å². The maximum absolute atomic E-state index is 12.9. The van der Waals surface area contributed by atoms with E-state index in [1.165, 1.54) is 5.01 Å². The number of aryl methyl sites for hydroxylation is 2. The molecule has 0 atom stereocenters. The van der Waals surface area contributed by atoms with E-state index in [0.717, 1.165) is 16.8 Å². The van der Waals surface area contributed by atoms with E-state index in [1.54, 1.807) is 11.9 Å². The van der Waals surface area contributed by atoms with E-state index in [1.807, 2.05) is 62.4 Å². The van der Waals surface area contributed by atoms with Gasteiger partial charge >= 0.3 is 0 Å². The molecule has 1 aliphatic heterocycles. The molecule has 3 rings (SSSR count). The minimum absolute atomic E-state index is 0.0999. The summed E-state index contributed by atoms with van der Waals surface area (Å²) in [7, 11) is 1.75. The summed E-state index contributed by atoms with van der Waals surface area (Å²) in [5.74, 6) is -0.278. The molecule has 0 spiro atoms. The van der Waals surface area contributed by atoms with Gasteiger partial charge in [-0.3, -0.25) is 9.59 Å². The predicted octanol–water partition coefficient (Wildman–Crippen LogP) is 3.45. The molecule has 0 aromatic heterocycles. The number of hydrogen-bond acceptors (Lipinski definition) is 3. The van der Waals surface area contributed by atoms with E-state index in [9.17, 15) is 9.59 Å². The number of anilines is 2. The van der Waals surface area contributed by atoms with E-state index in [0.29, 0.717) is 17.8 Å². The second-order valence-corrected chi connectivity index (χ2v) is 6.24. The van der Waals surface area contributed by atoms with Gasteiger partial charge in [0.05, 0.1) is 5.69 Å². The zero-order chi connectivity index (χ0) is 18.0. The summed E-state index contributed by atoms with van der Waals surface area (Å²) in [6.07, 6.45) is 0.635. The fourth-order valence-electron chi connectivity index (χ4n) is 2.86. The maximum Gasteiger partial charge on any atom is 0.274 e. The van der Waals surface area contributed by atoms with Gasteiger partial charge in [0.2, 0.25) is 5.91 Å². The lowest BCUT2D eigenvalue weighted by Crippen LogP contribution is -2.40. The van der Waals surface area contributed by atoms with Crippen LogP contribution in [0.5, 0.6) is 0 Å². The van der Waals surface area contributed by atoms with Gasteiger partial charge in [-0.1, -0.05) is 30.3 Å². The van der Waals surface area contributed by atoms with Gasteiger partial charge in [0.15, 0.2) is 0 Å². The zero-order valence-electron chi connectivity index (χ0n) is 14.7. The Hall–Kier alpha value is -2.95. The average Bonchev–Trinajstić information content (AvgIpc) is 2.63. The highest BCUT2D eigenvalue weighted by atomic mass is 16.2. The average molecular weight is 335 g/mol. The van der Waals surface area contributed by atoms with Crippen LogP contribution in [0, 0.1) is 13.8 Å². The lowest BCUT2D eigenvalue weighted by Gasteiger charge is -2.26. The second-order valence-electron chi connectivity index (χ2n) is 6.24. The Labute approximate surface area is 147 Å². The Bertz CT molecular complexity index is 843. The van der Waals surface area contributed by atoms with Crippen LogP contribution in [0.2, 0.25) is 0 Å². The molecule has 5 heteroatoms.